The number of nitrogens with two attached hydrogens (primary N) is 1. The van der Waals surface area contributed by atoms with E-state index in [0.29, 0.717) is 37.2 Å². The third-order valence-corrected chi connectivity index (χ3v) is 4.47. The zero-order valence-electron chi connectivity index (χ0n) is 15.1. The lowest BCUT2D eigenvalue weighted by Gasteiger charge is -2.23. The number of rotatable bonds is 6. The number of hydrogen-bond donors (Lipinski definition) is 1. The second-order valence-corrected chi connectivity index (χ2v) is 6.28. The highest BCUT2D eigenvalue weighted by molar-refractivity contribution is 6.21. The normalized spacial score (nSPS) is 12.6. The minimum absolute atomic E-state index is 0. The van der Waals surface area contributed by atoms with E-state index in [-0.39, 0.29) is 35.7 Å². The molecule has 3 amide bonds. The van der Waals surface area contributed by atoms with Gasteiger partial charge in [-0.25, -0.2) is 0 Å². The van der Waals surface area contributed by atoms with Crippen molar-refractivity contribution in [2.75, 3.05) is 20.1 Å². The lowest BCUT2D eigenvalue weighted by atomic mass is 10.0. The average Bonchev–Trinajstić information content (AvgIpc) is 2.89. The molecular weight excluding hydrogens is 366 g/mol. The number of hydrogen-bond acceptors (Lipinski definition) is 4. The van der Waals surface area contributed by atoms with Crippen LogP contribution in [0, 0.1) is 0 Å². The largest absolute Gasteiger partial charge is 0.334 e. The van der Waals surface area contributed by atoms with Crippen LogP contribution in [-0.4, -0.2) is 47.7 Å². The molecule has 0 unspecified atom stereocenters. The van der Waals surface area contributed by atoms with Crippen LogP contribution in [0.4, 0.5) is 0 Å². The predicted octanol–water partition coefficient (Wildman–Crippen LogP) is 2.33. The van der Waals surface area contributed by atoms with Crippen LogP contribution < -0.4 is 5.73 Å². The fourth-order valence-electron chi connectivity index (χ4n) is 3.02. The lowest BCUT2D eigenvalue weighted by molar-refractivity contribution is 0.0692. The van der Waals surface area contributed by atoms with Gasteiger partial charge in [-0.2, -0.15) is 0 Å². The molecule has 2 aromatic rings. The number of nitrogens with zero attached hydrogens (tertiary/aromatic N) is 2. The van der Waals surface area contributed by atoms with Gasteiger partial charge in [-0.15, -0.1) is 12.4 Å². The smallest absolute Gasteiger partial charge is 0.261 e. The first kappa shape index (κ1) is 20.6. The van der Waals surface area contributed by atoms with Gasteiger partial charge in [0, 0.05) is 25.7 Å². The summed E-state index contributed by atoms with van der Waals surface area (Å²) in [7, 11) is 1.44. The number of benzene rings is 2. The summed E-state index contributed by atoms with van der Waals surface area (Å²) in [4.78, 5) is 40.0. The Balaban J connectivity index is 0.00000261. The number of fused-ring (bicyclic) bond motifs is 1. The van der Waals surface area contributed by atoms with Crippen LogP contribution >= 0.6 is 12.4 Å². The Morgan fingerprint density at radius 3 is 2.37 bits per heavy atom. The minimum Gasteiger partial charge on any atom is -0.334 e. The predicted molar refractivity (Wildman–Crippen MR) is 105 cm³/mol. The summed E-state index contributed by atoms with van der Waals surface area (Å²) < 4.78 is 0. The van der Waals surface area contributed by atoms with Gasteiger partial charge in [0.25, 0.3) is 17.7 Å². The molecule has 1 heterocycles. The highest BCUT2D eigenvalue weighted by Gasteiger charge is 2.33. The molecule has 27 heavy (non-hydrogen) atoms. The quantitative estimate of drug-likeness (QED) is 0.771. The molecule has 0 spiro atoms. The SMILES string of the molecule is CN1C(=O)c2ccc(C(=O)N(CCCN)Cc3ccccc3)cc2C1=O.Cl. The first-order chi connectivity index (χ1) is 12.5. The Kier molecular flexibility index (Phi) is 6.71. The van der Waals surface area contributed by atoms with Crippen molar-refractivity contribution in [1.82, 2.24) is 9.80 Å². The lowest BCUT2D eigenvalue weighted by Crippen LogP contribution is -2.32. The van der Waals surface area contributed by atoms with E-state index in [9.17, 15) is 14.4 Å². The molecule has 3 rings (SSSR count). The monoisotopic (exact) mass is 387 g/mol. The first-order valence-electron chi connectivity index (χ1n) is 8.52. The van der Waals surface area contributed by atoms with Crippen LogP contribution in [0.1, 0.15) is 43.1 Å². The molecule has 0 radical (unpaired) electrons. The number of carbonyl (C=O) groups is 3. The number of carbonyl (C=O) groups excluding carboxylic acids is 3. The van der Waals surface area contributed by atoms with E-state index in [1.165, 1.54) is 13.1 Å². The molecule has 0 atom stereocenters. The van der Waals surface area contributed by atoms with Crippen LogP contribution in [0.25, 0.3) is 0 Å². The molecule has 7 heteroatoms. The van der Waals surface area contributed by atoms with E-state index in [1.54, 1.807) is 17.0 Å². The molecule has 0 saturated carbocycles. The topological polar surface area (TPSA) is 83.7 Å². The van der Waals surface area contributed by atoms with Gasteiger partial charge in [-0.1, -0.05) is 30.3 Å². The summed E-state index contributed by atoms with van der Waals surface area (Å²) in [5.41, 5.74) is 7.64. The van der Waals surface area contributed by atoms with Crippen molar-refractivity contribution in [2.24, 2.45) is 5.73 Å². The molecule has 2 aromatic carbocycles. The summed E-state index contributed by atoms with van der Waals surface area (Å²) in [6.07, 6.45) is 0.684. The van der Waals surface area contributed by atoms with Gasteiger partial charge >= 0.3 is 0 Å². The van der Waals surface area contributed by atoms with Crippen molar-refractivity contribution in [1.29, 1.82) is 0 Å². The molecule has 6 nitrogen and oxygen atoms in total. The first-order valence-corrected chi connectivity index (χ1v) is 8.52. The van der Waals surface area contributed by atoms with Gasteiger partial charge < -0.3 is 10.6 Å². The van der Waals surface area contributed by atoms with Crippen molar-refractivity contribution in [3.8, 4) is 0 Å². The van der Waals surface area contributed by atoms with Crippen molar-refractivity contribution in [3.63, 3.8) is 0 Å². The Morgan fingerprint density at radius 1 is 1.04 bits per heavy atom. The van der Waals surface area contributed by atoms with E-state index in [4.69, 9.17) is 5.73 Å². The Labute approximate surface area is 164 Å². The van der Waals surface area contributed by atoms with Gasteiger partial charge in [0.15, 0.2) is 0 Å². The molecule has 1 aliphatic heterocycles. The van der Waals surface area contributed by atoms with Crippen LogP contribution in [0.3, 0.4) is 0 Å². The van der Waals surface area contributed by atoms with Gasteiger partial charge in [0.2, 0.25) is 0 Å². The summed E-state index contributed by atoms with van der Waals surface area (Å²) in [6, 6.07) is 14.4. The number of halogens is 1. The van der Waals surface area contributed by atoms with E-state index in [1.807, 2.05) is 30.3 Å². The van der Waals surface area contributed by atoms with Crippen molar-refractivity contribution in [2.45, 2.75) is 13.0 Å². The van der Waals surface area contributed by atoms with Gasteiger partial charge in [0.1, 0.15) is 0 Å². The van der Waals surface area contributed by atoms with E-state index in [2.05, 4.69) is 0 Å². The van der Waals surface area contributed by atoms with Gasteiger partial charge in [0.05, 0.1) is 11.1 Å². The van der Waals surface area contributed by atoms with Crippen LogP contribution in [-0.2, 0) is 6.54 Å². The maximum Gasteiger partial charge on any atom is 0.261 e. The highest BCUT2D eigenvalue weighted by atomic mass is 35.5. The zero-order chi connectivity index (χ0) is 18.7. The Bertz CT molecular complexity index is 855. The molecular formula is C20H22ClN3O3. The molecule has 0 aromatic heterocycles. The standard InChI is InChI=1S/C20H21N3O3.ClH/c1-22-19(25)16-9-8-15(12-17(16)20(22)26)18(24)23(11-5-10-21)13-14-6-3-2-4-7-14;/h2-4,6-9,12H,5,10-11,13,21H2,1H3;1H. The number of amides is 3. The fraction of sp³-hybridized carbons (Fsp3) is 0.250. The van der Waals surface area contributed by atoms with E-state index in [0.717, 1.165) is 10.5 Å². The highest BCUT2D eigenvalue weighted by Crippen LogP contribution is 2.23. The van der Waals surface area contributed by atoms with Gasteiger partial charge in [-0.3, -0.25) is 19.3 Å². The second-order valence-electron chi connectivity index (χ2n) is 6.28. The zero-order valence-corrected chi connectivity index (χ0v) is 15.9. The summed E-state index contributed by atoms with van der Waals surface area (Å²) >= 11 is 0. The maximum absolute atomic E-state index is 13.0. The van der Waals surface area contributed by atoms with Crippen LogP contribution in [0.2, 0.25) is 0 Å². The average molecular weight is 388 g/mol. The maximum atomic E-state index is 13.0. The summed E-state index contributed by atoms with van der Waals surface area (Å²) in [6.45, 7) is 1.47. The molecule has 1 aliphatic rings. The number of imide groups is 1. The second kappa shape index (κ2) is 8.79. The minimum atomic E-state index is -0.379. The molecule has 0 aliphatic carbocycles. The van der Waals surface area contributed by atoms with Crippen molar-refractivity contribution >= 4 is 30.1 Å². The summed E-state index contributed by atoms with van der Waals surface area (Å²) in [5.74, 6) is -0.899. The Morgan fingerprint density at radius 2 is 1.70 bits per heavy atom. The molecule has 0 saturated heterocycles. The third kappa shape index (κ3) is 4.18. The van der Waals surface area contributed by atoms with Crippen molar-refractivity contribution in [3.05, 3.63) is 70.8 Å². The molecule has 142 valence electrons. The fourth-order valence-corrected chi connectivity index (χ4v) is 3.02. The third-order valence-electron chi connectivity index (χ3n) is 4.47. The van der Waals surface area contributed by atoms with Crippen molar-refractivity contribution < 1.29 is 14.4 Å². The van der Waals surface area contributed by atoms with Crippen LogP contribution in [0.5, 0.6) is 0 Å². The summed E-state index contributed by atoms with van der Waals surface area (Å²) in [5, 5.41) is 0. The van der Waals surface area contributed by atoms with Crippen LogP contribution in [0.15, 0.2) is 48.5 Å². The van der Waals surface area contributed by atoms with E-state index >= 15 is 0 Å². The molecule has 0 fully saturated rings. The van der Waals surface area contributed by atoms with Gasteiger partial charge in [-0.05, 0) is 36.7 Å². The molecule has 0 bridgehead atoms. The Hall–Kier alpha value is -2.70. The van der Waals surface area contributed by atoms with E-state index < -0.39 is 0 Å². The molecule has 2 N–H and O–H groups in total.